The fourth-order valence-corrected chi connectivity index (χ4v) is 3.20. The van der Waals surface area contributed by atoms with Crippen LogP contribution in [0.2, 0.25) is 5.02 Å². The maximum Gasteiger partial charge on any atom is 0.320 e. The van der Waals surface area contributed by atoms with E-state index >= 15 is 0 Å². The Hall–Kier alpha value is -1.75. The number of alkyl halides is 2. The van der Waals surface area contributed by atoms with Gasteiger partial charge in [0.05, 0.1) is 10.6 Å². The van der Waals surface area contributed by atoms with Gasteiger partial charge in [0, 0.05) is 12.1 Å². The number of amides is 1. The number of carbonyl (C=O) groups is 2. The van der Waals surface area contributed by atoms with Crippen LogP contribution in [0.15, 0.2) is 48.5 Å². The lowest BCUT2D eigenvalue weighted by Crippen LogP contribution is -2.23. The van der Waals surface area contributed by atoms with Gasteiger partial charge in [-0.2, -0.15) is 0 Å². The van der Waals surface area contributed by atoms with Crippen molar-refractivity contribution in [3.05, 3.63) is 59.1 Å². The molecule has 1 N–H and O–H groups in total. The Morgan fingerprint density at radius 1 is 1.08 bits per heavy atom. The highest BCUT2D eigenvalue weighted by atomic mass is 35.5. The SMILES string of the molecule is CC1(C(=O)Oc2ccc(NC(=O)c3ccccc3Cl)cc2)CC1(Cl)Cl. The van der Waals surface area contributed by atoms with Crippen molar-refractivity contribution in [2.75, 3.05) is 5.32 Å². The van der Waals surface area contributed by atoms with Crippen molar-refractivity contribution < 1.29 is 14.3 Å². The molecular weight excluding hydrogens is 385 g/mol. The molecule has 4 nitrogen and oxygen atoms in total. The Kier molecular flexibility index (Phi) is 4.71. The van der Waals surface area contributed by atoms with Gasteiger partial charge in [-0.15, -0.1) is 23.2 Å². The minimum Gasteiger partial charge on any atom is -0.426 e. The number of rotatable bonds is 4. The molecule has 2 aromatic carbocycles. The minimum absolute atomic E-state index is 0.324. The number of carbonyl (C=O) groups excluding carboxylic acids is 2. The highest BCUT2D eigenvalue weighted by molar-refractivity contribution is 6.53. The summed E-state index contributed by atoms with van der Waals surface area (Å²) in [5, 5.41) is 3.10. The number of halogens is 3. The third-order valence-corrected chi connectivity index (χ3v) is 5.58. The van der Waals surface area contributed by atoms with Gasteiger partial charge in [-0.25, -0.2) is 0 Å². The van der Waals surface area contributed by atoms with Gasteiger partial charge in [-0.1, -0.05) is 23.7 Å². The molecule has 0 saturated heterocycles. The molecule has 0 aliphatic heterocycles. The lowest BCUT2D eigenvalue weighted by Gasteiger charge is -2.12. The van der Waals surface area contributed by atoms with Crippen LogP contribution in [0.3, 0.4) is 0 Å². The van der Waals surface area contributed by atoms with E-state index in [9.17, 15) is 9.59 Å². The molecule has 1 fully saturated rings. The lowest BCUT2D eigenvalue weighted by atomic mass is 10.1. The molecule has 25 heavy (non-hydrogen) atoms. The number of hydrogen-bond acceptors (Lipinski definition) is 3. The summed E-state index contributed by atoms with van der Waals surface area (Å²) in [6, 6.07) is 13.2. The predicted octanol–water partition coefficient (Wildman–Crippen LogP) is 5.08. The van der Waals surface area contributed by atoms with Gasteiger partial charge in [0.25, 0.3) is 5.91 Å². The van der Waals surface area contributed by atoms with E-state index in [1.54, 1.807) is 55.5 Å². The molecule has 1 unspecified atom stereocenters. The highest BCUT2D eigenvalue weighted by Crippen LogP contribution is 2.64. The molecule has 0 heterocycles. The summed E-state index contributed by atoms with van der Waals surface area (Å²) >= 11 is 17.9. The number of ether oxygens (including phenoxy) is 1. The van der Waals surface area contributed by atoms with Crippen molar-refractivity contribution in [3.8, 4) is 5.75 Å². The first-order valence-electron chi connectivity index (χ1n) is 7.49. The summed E-state index contributed by atoms with van der Waals surface area (Å²) < 4.78 is 4.22. The van der Waals surface area contributed by atoms with E-state index in [1.165, 1.54) is 0 Å². The van der Waals surface area contributed by atoms with Crippen molar-refractivity contribution in [3.63, 3.8) is 0 Å². The third kappa shape index (κ3) is 3.61. The normalized spacial score (nSPS) is 20.6. The van der Waals surface area contributed by atoms with Crippen LogP contribution in [0.1, 0.15) is 23.7 Å². The van der Waals surface area contributed by atoms with Gasteiger partial charge >= 0.3 is 5.97 Å². The molecule has 7 heteroatoms. The number of hydrogen-bond donors (Lipinski definition) is 1. The fraction of sp³-hybridized carbons (Fsp3) is 0.222. The van der Waals surface area contributed by atoms with Gasteiger partial charge in [0.15, 0.2) is 0 Å². The molecule has 0 aromatic heterocycles. The molecule has 3 rings (SSSR count). The molecule has 130 valence electrons. The summed E-state index contributed by atoms with van der Waals surface area (Å²) in [4.78, 5) is 24.3. The first-order valence-corrected chi connectivity index (χ1v) is 8.62. The summed E-state index contributed by atoms with van der Waals surface area (Å²) in [5.41, 5.74) is 0.0286. The van der Waals surface area contributed by atoms with Gasteiger partial charge in [0.2, 0.25) is 0 Å². The molecule has 1 aliphatic rings. The van der Waals surface area contributed by atoms with Crippen LogP contribution in [0.4, 0.5) is 5.69 Å². The molecule has 1 saturated carbocycles. The monoisotopic (exact) mass is 397 g/mol. The zero-order valence-electron chi connectivity index (χ0n) is 13.2. The van der Waals surface area contributed by atoms with E-state index in [-0.39, 0.29) is 5.91 Å². The number of esters is 1. The Bertz CT molecular complexity index is 836. The summed E-state index contributed by atoms with van der Waals surface area (Å²) in [6.45, 7) is 1.66. The predicted molar refractivity (Wildman–Crippen MR) is 98.6 cm³/mol. The van der Waals surface area contributed by atoms with Crippen molar-refractivity contribution in [2.45, 2.75) is 17.7 Å². The maximum absolute atomic E-state index is 12.2. The number of benzene rings is 2. The van der Waals surface area contributed by atoms with Gasteiger partial charge in [0.1, 0.15) is 15.5 Å². The standard InChI is InChI=1S/C18H14Cl3NO3/c1-17(10-18(17,20)21)16(24)25-12-8-6-11(7-9-12)22-15(23)13-4-2-3-5-14(13)19/h2-9H,10H2,1H3,(H,22,23). The minimum atomic E-state index is -1.08. The second kappa shape index (κ2) is 6.52. The summed E-state index contributed by atoms with van der Waals surface area (Å²) in [7, 11) is 0. The van der Waals surface area contributed by atoms with Crippen LogP contribution in [0, 0.1) is 5.41 Å². The highest BCUT2D eigenvalue weighted by Gasteiger charge is 2.69. The quantitative estimate of drug-likeness (QED) is 0.444. The van der Waals surface area contributed by atoms with E-state index in [2.05, 4.69) is 5.32 Å². The second-order valence-corrected chi connectivity index (χ2v) is 7.95. The summed E-state index contributed by atoms with van der Waals surface area (Å²) in [5.74, 6) is -0.460. The largest absolute Gasteiger partial charge is 0.426 e. The van der Waals surface area contributed by atoms with Crippen molar-refractivity contribution >= 4 is 52.4 Å². The average molecular weight is 399 g/mol. The van der Waals surface area contributed by atoms with E-state index in [0.717, 1.165) is 0 Å². The average Bonchev–Trinajstić information content (AvgIpc) is 3.09. The molecule has 1 amide bonds. The zero-order valence-corrected chi connectivity index (χ0v) is 15.5. The molecular formula is C18H14Cl3NO3. The second-order valence-electron chi connectivity index (χ2n) is 6.06. The molecule has 0 bridgehead atoms. The van der Waals surface area contributed by atoms with Gasteiger partial charge in [-0.3, -0.25) is 9.59 Å². The third-order valence-electron chi connectivity index (χ3n) is 4.15. The summed E-state index contributed by atoms with van der Waals surface area (Å²) in [6.07, 6.45) is 0.355. The smallest absolute Gasteiger partial charge is 0.320 e. The Morgan fingerprint density at radius 2 is 1.68 bits per heavy atom. The molecule has 1 atom stereocenters. The van der Waals surface area contributed by atoms with Gasteiger partial charge < -0.3 is 10.1 Å². The van der Waals surface area contributed by atoms with Crippen LogP contribution in [0.25, 0.3) is 0 Å². The van der Waals surface area contributed by atoms with E-state index in [0.29, 0.717) is 28.4 Å². The van der Waals surface area contributed by atoms with Crippen molar-refractivity contribution in [1.82, 2.24) is 0 Å². The van der Waals surface area contributed by atoms with Crippen LogP contribution in [-0.2, 0) is 4.79 Å². The Labute approximate surface area is 160 Å². The number of anilines is 1. The van der Waals surface area contributed by atoms with E-state index < -0.39 is 15.7 Å². The molecule has 0 radical (unpaired) electrons. The topological polar surface area (TPSA) is 55.4 Å². The fourth-order valence-electron chi connectivity index (χ4n) is 2.29. The first-order chi connectivity index (χ1) is 11.7. The Balaban J connectivity index is 1.64. The number of nitrogens with one attached hydrogen (secondary N) is 1. The van der Waals surface area contributed by atoms with E-state index in [4.69, 9.17) is 39.5 Å². The van der Waals surface area contributed by atoms with Gasteiger partial charge in [-0.05, 0) is 43.3 Å². The molecule has 0 spiro atoms. The lowest BCUT2D eigenvalue weighted by molar-refractivity contribution is -0.139. The van der Waals surface area contributed by atoms with Crippen LogP contribution in [-0.4, -0.2) is 16.2 Å². The first kappa shape index (κ1) is 18.1. The zero-order chi connectivity index (χ0) is 18.2. The molecule has 1 aliphatic carbocycles. The Morgan fingerprint density at radius 3 is 2.24 bits per heavy atom. The van der Waals surface area contributed by atoms with Crippen molar-refractivity contribution in [1.29, 1.82) is 0 Å². The maximum atomic E-state index is 12.2. The van der Waals surface area contributed by atoms with E-state index in [1.807, 2.05) is 0 Å². The molecule has 2 aromatic rings. The van der Waals surface area contributed by atoms with Crippen molar-refractivity contribution in [2.24, 2.45) is 5.41 Å². The van der Waals surface area contributed by atoms with Crippen LogP contribution in [0.5, 0.6) is 5.75 Å². The van der Waals surface area contributed by atoms with Crippen LogP contribution >= 0.6 is 34.8 Å². The van der Waals surface area contributed by atoms with Crippen LogP contribution < -0.4 is 10.1 Å².